The number of carbonyl (C=O) groups is 3. The van der Waals surface area contributed by atoms with Gasteiger partial charge in [-0.1, -0.05) is 73.9 Å². The number of alkyl halides is 6. The van der Waals surface area contributed by atoms with Gasteiger partial charge in [-0.2, -0.15) is 26.3 Å². The summed E-state index contributed by atoms with van der Waals surface area (Å²) in [6.45, 7) is 5.98. The number of fused-ring (bicyclic) bond motifs is 1. The summed E-state index contributed by atoms with van der Waals surface area (Å²) >= 11 is 1.14. The second-order valence-electron chi connectivity index (χ2n) is 11.8. The average molecular weight is 719 g/mol. The van der Waals surface area contributed by atoms with Gasteiger partial charge in [0.15, 0.2) is 0 Å². The van der Waals surface area contributed by atoms with Crippen LogP contribution in [0.5, 0.6) is 5.75 Å². The minimum atomic E-state index is -5.77. The number of nitrogens with zero attached hydrogens (tertiary/aromatic N) is 1. The number of nitrogens with one attached hydrogen (secondary N) is 3. The Balaban J connectivity index is 0.000000463. The Morgan fingerprint density at radius 3 is 2.16 bits per heavy atom. The summed E-state index contributed by atoms with van der Waals surface area (Å²) in [6, 6.07) is 14.3. The molecule has 4 rings (SSSR count). The van der Waals surface area contributed by atoms with Crippen LogP contribution in [0, 0.1) is 0 Å². The number of Topliss-reactive ketones (excluding diaryl/α,β-unsaturated/α-hetero) is 2. The quantitative estimate of drug-likeness (QED) is 0.0967. The van der Waals surface area contributed by atoms with E-state index in [0.29, 0.717) is 37.0 Å². The molecular formula is C33H40F6N4O5S. The van der Waals surface area contributed by atoms with E-state index in [2.05, 4.69) is 51.7 Å². The Hall–Kier alpha value is -3.76. The fraction of sp³-hybridized carbons (Fsp3) is 0.515. The van der Waals surface area contributed by atoms with Crippen LogP contribution in [0.1, 0.15) is 62.5 Å². The second-order valence-corrected chi connectivity index (χ2v) is 12.7. The normalized spacial score (nSPS) is 14.6. The standard InChI is InChI=1S/C29H40N4O3S.C4F6O2/c1-21(22-8-4-2-5-9-22)20-31-17-15-26(35)33(24-10-6-3-7-11-24)19-18-30-16-14-23-12-13-25(34)27-28(23)37-29(36)32-27;5-3(6,7)1(11)2(12)4(8,9)10/h2,4-5,8-9,12-13,21,24,30-31,34H,3,6-7,10-11,14-20H2,1H3,(H,32,36);/t21-;/m1./s1. The predicted octanol–water partition coefficient (Wildman–Crippen LogP) is 5.62. The molecule has 270 valence electrons. The topological polar surface area (TPSA) is 132 Å². The van der Waals surface area contributed by atoms with Crippen molar-refractivity contribution in [3.8, 4) is 5.75 Å². The van der Waals surface area contributed by atoms with E-state index in [1.807, 2.05) is 12.1 Å². The molecule has 0 aliphatic heterocycles. The van der Waals surface area contributed by atoms with Crippen molar-refractivity contribution in [2.75, 3.05) is 32.7 Å². The van der Waals surface area contributed by atoms with E-state index in [9.17, 15) is 50.6 Å². The lowest BCUT2D eigenvalue weighted by Crippen LogP contribution is -2.45. The highest BCUT2D eigenvalue weighted by molar-refractivity contribution is 7.16. The molecule has 9 nitrogen and oxygen atoms in total. The highest BCUT2D eigenvalue weighted by Crippen LogP contribution is 2.28. The summed E-state index contributed by atoms with van der Waals surface area (Å²) in [5.41, 5.74) is 2.88. The number of thiazole rings is 1. The number of phenols is 1. The number of benzene rings is 2. The average Bonchev–Trinajstić information content (AvgIpc) is 3.47. The molecule has 1 saturated carbocycles. The zero-order valence-electron chi connectivity index (χ0n) is 26.9. The van der Waals surface area contributed by atoms with Crippen LogP contribution in [0.15, 0.2) is 47.3 Å². The number of halogens is 6. The zero-order valence-corrected chi connectivity index (χ0v) is 27.7. The fourth-order valence-electron chi connectivity index (χ4n) is 5.54. The summed E-state index contributed by atoms with van der Waals surface area (Å²) < 4.78 is 67.8. The number of aromatic nitrogens is 1. The minimum Gasteiger partial charge on any atom is -0.506 e. The van der Waals surface area contributed by atoms with Gasteiger partial charge in [0.25, 0.3) is 0 Å². The maximum atomic E-state index is 13.2. The number of hydrogen-bond donors (Lipinski definition) is 4. The minimum absolute atomic E-state index is 0.107. The molecule has 0 radical (unpaired) electrons. The van der Waals surface area contributed by atoms with Crippen molar-refractivity contribution in [1.29, 1.82) is 0 Å². The molecule has 0 spiro atoms. The van der Waals surface area contributed by atoms with E-state index >= 15 is 0 Å². The third-order valence-electron chi connectivity index (χ3n) is 8.13. The highest BCUT2D eigenvalue weighted by atomic mass is 32.1. The molecule has 1 fully saturated rings. The molecule has 1 aliphatic rings. The van der Waals surface area contributed by atoms with Gasteiger partial charge >= 0.3 is 28.8 Å². The Kier molecular flexibility index (Phi) is 14.8. The van der Waals surface area contributed by atoms with Gasteiger partial charge in [0.05, 0.1) is 4.70 Å². The van der Waals surface area contributed by atoms with Crippen molar-refractivity contribution in [1.82, 2.24) is 20.5 Å². The van der Waals surface area contributed by atoms with Gasteiger partial charge in [-0.15, -0.1) is 0 Å². The van der Waals surface area contributed by atoms with Gasteiger partial charge in [0.1, 0.15) is 11.3 Å². The van der Waals surface area contributed by atoms with Crippen molar-refractivity contribution in [2.24, 2.45) is 0 Å². The van der Waals surface area contributed by atoms with Gasteiger partial charge in [0, 0.05) is 38.6 Å². The van der Waals surface area contributed by atoms with E-state index < -0.39 is 23.9 Å². The largest absolute Gasteiger partial charge is 0.506 e. The van der Waals surface area contributed by atoms with Crippen LogP contribution in [0.2, 0.25) is 0 Å². The SMILES string of the molecule is C[C@H](CNCCC(=O)N(CCNCCc1ccc(O)c2[nH]c(=O)sc12)C1CCCCC1)c1ccccc1.O=C(C(=O)C(F)(F)F)C(F)(F)F. The van der Waals surface area contributed by atoms with Crippen LogP contribution >= 0.6 is 11.3 Å². The van der Waals surface area contributed by atoms with Crippen molar-refractivity contribution in [3.05, 3.63) is 63.3 Å². The molecule has 0 unspecified atom stereocenters. The summed E-state index contributed by atoms with van der Waals surface area (Å²) in [5.74, 6) is -6.05. The second kappa shape index (κ2) is 18.3. The molecule has 0 bridgehead atoms. The van der Waals surface area contributed by atoms with Crippen molar-refractivity contribution in [2.45, 2.75) is 76.2 Å². The molecule has 4 N–H and O–H groups in total. The summed E-state index contributed by atoms with van der Waals surface area (Å²) in [6.07, 6.45) is -4.40. The Morgan fingerprint density at radius 2 is 1.55 bits per heavy atom. The van der Waals surface area contributed by atoms with Gasteiger partial charge in [-0.25, -0.2) is 0 Å². The first-order valence-electron chi connectivity index (χ1n) is 15.9. The van der Waals surface area contributed by atoms with Crippen molar-refractivity contribution >= 4 is 39.0 Å². The molecule has 3 aromatic rings. The first-order valence-corrected chi connectivity index (χ1v) is 16.7. The molecule has 2 aromatic carbocycles. The number of hydrogen-bond acceptors (Lipinski definition) is 8. The van der Waals surface area contributed by atoms with Crippen LogP contribution in [0.25, 0.3) is 10.2 Å². The number of H-pyrrole nitrogens is 1. The zero-order chi connectivity index (χ0) is 36.2. The van der Waals surface area contributed by atoms with Crippen LogP contribution in [-0.2, 0) is 20.8 Å². The maximum Gasteiger partial charge on any atom is 0.458 e. The van der Waals surface area contributed by atoms with Gasteiger partial charge in [-0.05, 0) is 48.9 Å². The van der Waals surface area contributed by atoms with Crippen molar-refractivity contribution in [3.63, 3.8) is 0 Å². The predicted molar refractivity (Wildman–Crippen MR) is 174 cm³/mol. The number of aromatic hydroxyl groups is 1. The maximum absolute atomic E-state index is 13.2. The van der Waals surface area contributed by atoms with E-state index in [1.165, 1.54) is 24.8 Å². The van der Waals surface area contributed by atoms with Gasteiger partial charge < -0.3 is 25.6 Å². The first-order chi connectivity index (χ1) is 23.1. The highest BCUT2D eigenvalue weighted by Gasteiger charge is 2.54. The molecule has 49 heavy (non-hydrogen) atoms. The lowest BCUT2D eigenvalue weighted by molar-refractivity contribution is -0.193. The molecule has 1 amide bonds. The van der Waals surface area contributed by atoms with Crippen LogP contribution < -0.4 is 15.5 Å². The summed E-state index contributed by atoms with van der Waals surface area (Å²) in [4.78, 5) is 48.9. The van der Waals surface area contributed by atoms with E-state index in [4.69, 9.17) is 0 Å². The lowest BCUT2D eigenvalue weighted by atomic mass is 9.94. The smallest absolute Gasteiger partial charge is 0.458 e. The number of rotatable bonds is 14. The van der Waals surface area contributed by atoms with Crippen LogP contribution in [-0.4, -0.2) is 83.6 Å². The van der Waals surface area contributed by atoms with Gasteiger partial charge in [0.2, 0.25) is 5.91 Å². The summed E-state index contributed by atoms with van der Waals surface area (Å²) in [7, 11) is 0. The first kappa shape index (κ1) is 39.7. The number of aromatic amines is 1. The van der Waals surface area contributed by atoms with E-state index in [1.54, 1.807) is 6.07 Å². The molecule has 1 aromatic heterocycles. The van der Waals surface area contributed by atoms with Crippen LogP contribution in [0.4, 0.5) is 26.3 Å². The number of carbonyl (C=O) groups excluding carboxylic acids is 3. The third kappa shape index (κ3) is 12.3. The number of amides is 1. The molecule has 0 saturated heterocycles. The molecular weight excluding hydrogens is 678 g/mol. The van der Waals surface area contributed by atoms with Gasteiger partial charge in [-0.3, -0.25) is 19.2 Å². The summed E-state index contributed by atoms with van der Waals surface area (Å²) in [5, 5.41) is 17.0. The van der Waals surface area contributed by atoms with E-state index in [0.717, 1.165) is 60.5 Å². The Labute approximate surface area is 283 Å². The number of ketones is 2. The monoisotopic (exact) mass is 718 g/mol. The molecule has 1 atom stereocenters. The molecule has 16 heteroatoms. The Morgan fingerprint density at radius 1 is 0.918 bits per heavy atom. The van der Waals surface area contributed by atoms with Crippen molar-refractivity contribution < 1.29 is 45.8 Å². The lowest BCUT2D eigenvalue weighted by Gasteiger charge is -2.34. The fourth-order valence-corrected chi connectivity index (χ4v) is 6.43. The van der Waals surface area contributed by atoms with Crippen LogP contribution in [0.3, 0.4) is 0 Å². The molecule has 1 aliphatic carbocycles. The molecule has 1 heterocycles. The Bertz CT molecular complexity index is 1560. The number of phenolic OH excluding ortho intramolecular Hbond substituents is 1. The van der Waals surface area contributed by atoms with E-state index in [-0.39, 0.29) is 16.5 Å². The third-order valence-corrected chi connectivity index (χ3v) is 9.09.